The van der Waals surface area contributed by atoms with Gasteiger partial charge in [0.25, 0.3) is 5.56 Å². The van der Waals surface area contributed by atoms with E-state index in [1.54, 1.807) is 24.9 Å². The fourth-order valence-electron chi connectivity index (χ4n) is 4.58. The molecule has 5 atom stereocenters. The summed E-state index contributed by atoms with van der Waals surface area (Å²) in [5.41, 5.74) is 0.535. The number of nitrogens with one attached hydrogen (secondary N) is 1. The molecular formula is C21H35N5O4. The van der Waals surface area contributed by atoms with E-state index in [0.717, 1.165) is 0 Å². The van der Waals surface area contributed by atoms with Crippen molar-refractivity contribution in [3.8, 4) is 0 Å². The van der Waals surface area contributed by atoms with E-state index in [0.29, 0.717) is 35.7 Å². The van der Waals surface area contributed by atoms with Gasteiger partial charge < -0.3 is 19.2 Å². The van der Waals surface area contributed by atoms with Crippen LogP contribution in [0.3, 0.4) is 0 Å². The molecule has 0 amide bonds. The lowest BCUT2D eigenvalue weighted by molar-refractivity contribution is -0.121. The van der Waals surface area contributed by atoms with Crippen LogP contribution in [-0.4, -0.2) is 68.7 Å². The van der Waals surface area contributed by atoms with Crippen molar-refractivity contribution in [1.82, 2.24) is 24.4 Å². The number of hydrogen-bond acceptors (Lipinski definition) is 7. The van der Waals surface area contributed by atoms with E-state index in [4.69, 9.17) is 14.2 Å². The summed E-state index contributed by atoms with van der Waals surface area (Å²) in [5, 5.41) is 0. The Bertz CT molecular complexity index is 900. The van der Waals surface area contributed by atoms with Crippen LogP contribution >= 0.6 is 0 Å². The van der Waals surface area contributed by atoms with Gasteiger partial charge in [-0.25, -0.2) is 9.97 Å². The Balaban J connectivity index is 1.79. The summed E-state index contributed by atoms with van der Waals surface area (Å²) >= 11 is 0. The lowest BCUT2D eigenvalue weighted by atomic mass is 10.0. The quantitative estimate of drug-likeness (QED) is 0.654. The predicted molar refractivity (Wildman–Crippen MR) is 114 cm³/mol. The highest BCUT2D eigenvalue weighted by atomic mass is 16.6. The molecule has 168 valence electrons. The highest BCUT2D eigenvalue weighted by Gasteiger charge is 2.44. The Morgan fingerprint density at radius 3 is 2.53 bits per heavy atom. The van der Waals surface area contributed by atoms with Crippen molar-refractivity contribution in [2.75, 3.05) is 13.7 Å². The molecule has 2 aromatic rings. The second kappa shape index (κ2) is 9.13. The number of aromatic nitrogens is 4. The first-order valence-corrected chi connectivity index (χ1v) is 10.7. The van der Waals surface area contributed by atoms with Crippen molar-refractivity contribution >= 4 is 11.2 Å². The molecular weight excluding hydrogens is 386 g/mol. The number of nitrogens with zero attached hydrogens (tertiary/aromatic N) is 4. The third-order valence-electron chi connectivity index (χ3n) is 5.91. The monoisotopic (exact) mass is 421 g/mol. The fraction of sp³-hybridized carbons (Fsp3) is 0.762. The van der Waals surface area contributed by atoms with Gasteiger partial charge in [0.1, 0.15) is 18.2 Å². The summed E-state index contributed by atoms with van der Waals surface area (Å²) in [6.45, 7) is 15.1. The van der Waals surface area contributed by atoms with E-state index in [-0.39, 0.29) is 29.9 Å². The lowest BCUT2D eigenvalue weighted by Crippen LogP contribution is -2.46. The largest absolute Gasteiger partial charge is 0.376 e. The Morgan fingerprint density at radius 2 is 1.93 bits per heavy atom. The summed E-state index contributed by atoms with van der Waals surface area (Å²) in [7, 11) is 1.67. The highest BCUT2D eigenvalue weighted by Crippen LogP contribution is 2.37. The first kappa shape index (κ1) is 22.9. The Morgan fingerprint density at radius 1 is 1.27 bits per heavy atom. The average Bonchev–Trinajstić information content (AvgIpc) is 3.20. The molecule has 0 saturated carbocycles. The second-order valence-electron chi connectivity index (χ2n) is 8.67. The van der Waals surface area contributed by atoms with Gasteiger partial charge in [-0.15, -0.1) is 0 Å². The molecule has 1 aliphatic heterocycles. The van der Waals surface area contributed by atoms with Crippen LogP contribution in [0.5, 0.6) is 0 Å². The van der Waals surface area contributed by atoms with Gasteiger partial charge in [0, 0.05) is 25.1 Å². The molecule has 9 nitrogen and oxygen atoms in total. The second-order valence-corrected chi connectivity index (χ2v) is 8.67. The molecule has 0 radical (unpaired) electrons. The first-order valence-electron chi connectivity index (χ1n) is 10.7. The van der Waals surface area contributed by atoms with Crippen LogP contribution in [0.15, 0.2) is 11.1 Å². The van der Waals surface area contributed by atoms with Crippen molar-refractivity contribution in [3.63, 3.8) is 0 Å². The third-order valence-corrected chi connectivity index (χ3v) is 5.91. The minimum Gasteiger partial charge on any atom is -0.376 e. The van der Waals surface area contributed by atoms with E-state index in [1.807, 2.05) is 0 Å². The minimum atomic E-state index is -0.432. The van der Waals surface area contributed by atoms with Crippen molar-refractivity contribution in [2.45, 2.75) is 85.2 Å². The van der Waals surface area contributed by atoms with E-state index in [9.17, 15) is 4.79 Å². The van der Waals surface area contributed by atoms with Gasteiger partial charge in [-0.3, -0.25) is 14.3 Å². The SMILES string of the molecule is COC1C(C)C(COC(C)N(C(C)C)C(C)C)OC1n1cnc2c(=O)[nH]c(C)nc21. The summed E-state index contributed by atoms with van der Waals surface area (Å²) in [6.07, 6.45) is 0.778. The van der Waals surface area contributed by atoms with Crippen molar-refractivity contribution < 1.29 is 14.2 Å². The van der Waals surface area contributed by atoms with Gasteiger partial charge in [-0.2, -0.15) is 0 Å². The van der Waals surface area contributed by atoms with E-state index < -0.39 is 6.23 Å². The van der Waals surface area contributed by atoms with Crippen LogP contribution in [0.25, 0.3) is 11.2 Å². The third kappa shape index (κ3) is 4.30. The molecule has 1 fully saturated rings. The molecule has 3 heterocycles. The zero-order chi connectivity index (χ0) is 22.2. The number of fused-ring (bicyclic) bond motifs is 1. The number of rotatable bonds is 8. The summed E-state index contributed by atoms with van der Waals surface area (Å²) in [4.78, 5) is 25.9. The standard InChI is InChI=1S/C21H35N5O4/c1-11(2)26(12(3)4)15(7)29-9-16-13(5)18(28-8)21(30-16)25-10-22-17-19(25)23-14(6)24-20(17)27/h10-13,15-16,18,21H,9H2,1-8H3,(H,23,24,27). The molecule has 0 spiro atoms. The molecule has 3 rings (SSSR count). The van der Waals surface area contributed by atoms with Crippen LogP contribution in [0.2, 0.25) is 0 Å². The van der Waals surface area contributed by atoms with Crippen molar-refractivity contribution in [1.29, 1.82) is 0 Å². The smallest absolute Gasteiger partial charge is 0.279 e. The number of H-pyrrole nitrogens is 1. The number of aryl methyl sites for hydroxylation is 1. The number of ether oxygens (including phenoxy) is 3. The summed E-state index contributed by atoms with van der Waals surface area (Å²) < 4.78 is 20.1. The summed E-state index contributed by atoms with van der Waals surface area (Å²) in [6, 6.07) is 0.761. The molecule has 1 aliphatic rings. The molecule has 0 bridgehead atoms. The molecule has 1 saturated heterocycles. The number of methoxy groups -OCH3 is 1. The van der Waals surface area contributed by atoms with Gasteiger partial charge >= 0.3 is 0 Å². The van der Waals surface area contributed by atoms with Gasteiger partial charge in [-0.1, -0.05) is 6.92 Å². The highest BCUT2D eigenvalue weighted by molar-refractivity contribution is 5.69. The van der Waals surface area contributed by atoms with Crippen molar-refractivity contribution in [3.05, 3.63) is 22.5 Å². The van der Waals surface area contributed by atoms with Crippen molar-refractivity contribution in [2.24, 2.45) is 5.92 Å². The topological polar surface area (TPSA) is 94.5 Å². The minimum absolute atomic E-state index is 0.0298. The molecule has 1 N–H and O–H groups in total. The Kier molecular flexibility index (Phi) is 6.96. The Labute approximate surface area is 177 Å². The van der Waals surface area contributed by atoms with Crippen LogP contribution in [-0.2, 0) is 14.2 Å². The lowest BCUT2D eigenvalue weighted by Gasteiger charge is -2.36. The number of imidazole rings is 1. The molecule has 2 aromatic heterocycles. The van der Waals surface area contributed by atoms with Crippen LogP contribution in [0.4, 0.5) is 0 Å². The predicted octanol–water partition coefficient (Wildman–Crippen LogP) is 2.46. The van der Waals surface area contributed by atoms with E-state index in [1.165, 1.54) is 0 Å². The maximum atomic E-state index is 12.2. The van der Waals surface area contributed by atoms with E-state index >= 15 is 0 Å². The normalized spacial score (nSPS) is 25.8. The molecule has 5 unspecified atom stereocenters. The van der Waals surface area contributed by atoms with Crippen LogP contribution in [0.1, 0.15) is 53.6 Å². The zero-order valence-corrected chi connectivity index (χ0v) is 19.2. The first-order chi connectivity index (χ1) is 14.1. The van der Waals surface area contributed by atoms with Gasteiger partial charge in [-0.05, 0) is 41.5 Å². The van der Waals surface area contributed by atoms with Crippen LogP contribution in [0, 0.1) is 12.8 Å². The van der Waals surface area contributed by atoms with Gasteiger partial charge in [0.15, 0.2) is 17.4 Å². The molecule has 0 aliphatic carbocycles. The van der Waals surface area contributed by atoms with Gasteiger partial charge in [0.05, 0.1) is 19.0 Å². The van der Waals surface area contributed by atoms with E-state index in [2.05, 4.69) is 61.4 Å². The molecule has 9 heteroatoms. The fourth-order valence-corrected chi connectivity index (χ4v) is 4.58. The average molecular weight is 422 g/mol. The Hall–Kier alpha value is -1.81. The number of hydrogen-bond donors (Lipinski definition) is 1. The number of aromatic amines is 1. The maximum absolute atomic E-state index is 12.2. The maximum Gasteiger partial charge on any atom is 0.279 e. The summed E-state index contributed by atoms with van der Waals surface area (Å²) in [5.74, 6) is 0.629. The molecule has 0 aromatic carbocycles. The zero-order valence-electron chi connectivity index (χ0n) is 19.2. The van der Waals surface area contributed by atoms with Crippen LogP contribution < -0.4 is 5.56 Å². The molecule has 30 heavy (non-hydrogen) atoms. The van der Waals surface area contributed by atoms with Gasteiger partial charge in [0.2, 0.25) is 0 Å².